The molecule has 17 heavy (non-hydrogen) atoms. The zero-order valence-corrected chi connectivity index (χ0v) is 10.4. The molecule has 2 fully saturated rings. The molecule has 4 heteroatoms. The van der Waals surface area contributed by atoms with Crippen molar-refractivity contribution in [3.05, 3.63) is 0 Å². The second-order valence-electron chi connectivity index (χ2n) is 5.47. The van der Waals surface area contributed by atoms with Crippen LogP contribution in [-0.2, 0) is 9.59 Å². The van der Waals surface area contributed by atoms with Crippen LogP contribution < -0.4 is 0 Å². The molecule has 1 aliphatic carbocycles. The first-order chi connectivity index (χ1) is 8.10. The molecule has 1 atom stereocenters. The van der Waals surface area contributed by atoms with Crippen LogP contribution >= 0.6 is 0 Å². The summed E-state index contributed by atoms with van der Waals surface area (Å²) in [5, 5.41) is 9.13. The average molecular weight is 239 g/mol. The van der Waals surface area contributed by atoms with Crippen LogP contribution in [0.4, 0.5) is 0 Å². The van der Waals surface area contributed by atoms with Crippen molar-refractivity contribution in [2.24, 2.45) is 5.41 Å². The fourth-order valence-electron chi connectivity index (χ4n) is 3.14. The summed E-state index contributed by atoms with van der Waals surface area (Å²) in [7, 11) is 0. The summed E-state index contributed by atoms with van der Waals surface area (Å²) in [5.41, 5.74) is -0.434. The second kappa shape index (κ2) is 4.77. The number of carbonyl (C=O) groups excluding carboxylic acids is 2. The standard InChI is InChI=1S/C13H21NO3/c1-10(9-15)14-11(16)8-13(12(14)17)6-4-2-3-5-7-13/h10,15H,2-9H2,1H3/t10-/m0/s1. The van der Waals surface area contributed by atoms with Gasteiger partial charge in [-0.25, -0.2) is 0 Å². The molecule has 2 rings (SSSR count). The van der Waals surface area contributed by atoms with Gasteiger partial charge in [-0.15, -0.1) is 0 Å². The lowest BCUT2D eigenvalue weighted by Crippen LogP contribution is -2.42. The molecule has 2 amide bonds. The van der Waals surface area contributed by atoms with Crippen LogP contribution in [0.3, 0.4) is 0 Å². The molecule has 0 unspecified atom stereocenters. The molecule has 1 spiro atoms. The fourth-order valence-corrected chi connectivity index (χ4v) is 3.14. The summed E-state index contributed by atoms with van der Waals surface area (Å²) in [6.45, 7) is 1.58. The Hall–Kier alpha value is -0.900. The quantitative estimate of drug-likeness (QED) is 0.742. The van der Waals surface area contributed by atoms with Crippen molar-refractivity contribution in [2.75, 3.05) is 6.61 Å². The van der Waals surface area contributed by atoms with Crippen LogP contribution in [0.15, 0.2) is 0 Å². The van der Waals surface area contributed by atoms with E-state index < -0.39 is 5.41 Å². The third-order valence-electron chi connectivity index (χ3n) is 4.20. The first-order valence-electron chi connectivity index (χ1n) is 6.58. The minimum absolute atomic E-state index is 0.0362. The molecule has 1 aliphatic heterocycles. The Labute approximate surface area is 102 Å². The molecule has 0 radical (unpaired) electrons. The minimum atomic E-state index is -0.434. The van der Waals surface area contributed by atoms with Gasteiger partial charge < -0.3 is 5.11 Å². The topological polar surface area (TPSA) is 57.6 Å². The van der Waals surface area contributed by atoms with Gasteiger partial charge in [-0.1, -0.05) is 25.7 Å². The van der Waals surface area contributed by atoms with Crippen LogP contribution in [0.5, 0.6) is 0 Å². The number of amides is 2. The van der Waals surface area contributed by atoms with E-state index in [0.717, 1.165) is 25.7 Å². The molecule has 0 aromatic rings. The minimum Gasteiger partial charge on any atom is -0.394 e. The Bertz CT molecular complexity index is 319. The molecule has 4 nitrogen and oxygen atoms in total. The summed E-state index contributed by atoms with van der Waals surface area (Å²) >= 11 is 0. The maximum Gasteiger partial charge on any atom is 0.236 e. The van der Waals surface area contributed by atoms with E-state index in [0.29, 0.717) is 6.42 Å². The number of hydrogen-bond donors (Lipinski definition) is 1. The highest BCUT2D eigenvalue weighted by Crippen LogP contribution is 2.44. The number of likely N-dealkylation sites (tertiary alicyclic amines) is 1. The predicted molar refractivity (Wildman–Crippen MR) is 63.2 cm³/mol. The molecule has 1 saturated heterocycles. The Morgan fingerprint density at radius 2 is 1.82 bits per heavy atom. The highest BCUT2D eigenvalue weighted by Gasteiger charge is 2.51. The molecular formula is C13H21NO3. The molecule has 1 saturated carbocycles. The van der Waals surface area contributed by atoms with Crippen LogP contribution in [0.2, 0.25) is 0 Å². The van der Waals surface area contributed by atoms with E-state index in [1.165, 1.54) is 17.7 Å². The highest BCUT2D eigenvalue weighted by molar-refractivity contribution is 6.06. The molecule has 96 valence electrons. The van der Waals surface area contributed by atoms with Crippen molar-refractivity contribution in [3.8, 4) is 0 Å². The van der Waals surface area contributed by atoms with Crippen LogP contribution in [0, 0.1) is 5.41 Å². The first kappa shape index (κ1) is 12.6. The summed E-state index contributed by atoms with van der Waals surface area (Å²) < 4.78 is 0. The van der Waals surface area contributed by atoms with E-state index in [1.54, 1.807) is 6.92 Å². The van der Waals surface area contributed by atoms with E-state index in [9.17, 15) is 9.59 Å². The predicted octanol–water partition coefficient (Wildman–Crippen LogP) is 1.47. The van der Waals surface area contributed by atoms with Gasteiger partial charge in [0.05, 0.1) is 18.1 Å². The first-order valence-corrected chi connectivity index (χ1v) is 6.58. The molecular weight excluding hydrogens is 218 g/mol. The summed E-state index contributed by atoms with van der Waals surface area (Å²) in [6.07, 6.45) is 6.45. The van der Waals surface area contributed by atoms with Gasteiger partial charge in [-0.05, 0) is 19.8 Å². The lowest BCUT2D eigenvalue weighted by atomic mass is 9.79. The Balaban J connectivity index is 2.21. The summed E-state index contributed by atoms with van der Waals surface area (Å²) in [5.74, 6) is -0.135. The third-order valence-corrected chi connectivity index (χ3v) is 4.20. The number of rotatable bonds is 2. The molecule has 0 aromatic carbocycles. The molecule has 0 aromatic heterocycles. The van der Waals surface area contributed by atoms with Gasteiger partial charge in [0.2, 0.25) is 11.8 Å². The van der Waals surface area contributed by atoms with Crippen molar-refractivity contribution >= 4 is 11.8 Å². The summed E-state index contributed by atoms with van der Waals surface area (Å²) in [6, 6.07) is -0.377. The van der Waals surface area contributed by atoms with Gasteiger partial charge in [-0.3, -0.25) is 14.5 Å². The molecule has 2 aliphatic rings. The lowest BCUT2D eigenvalue weighted by Gasteiger charge is -2.27. The molecule has 0 bridgehead atoms. The summed E-state index contributed by atoms with van der Waals surface area (Å²) in [4.78, 5) is 25.7. The third kappa shape index (κ3) is 2.10. The van der Waals surface area contributed by atoms with Gasteiger partial charge in [0, 0.05) is 6.42 Å². The zero-order chi connectivity index (χ0) is 12.5. The Morgan fingerprint density at radius 3 is 2.35 bits per heavy atom. The van der Waals surface area contributed by atoms with E-state index in [1.807, 2.05) is 0 Å². The Kier molecular flexibility index (Phi) is 3.52. The van der Waals surface area contributed by atoms with Gasteiger partial charge in [-0.2, -0.15) is 0 Å². The number of hydrogen-bond acceptors (Lipinski definition) is 3. The maximum absolute atomic E-state index is 12.4. The number of carbonyl (C=O) groups is 2. The molecule has 1 N–H and O–H groups in total. The number of nitrogens with zero attached hydrogens (tertiary/aromatic N) is 1. The maximum atomic E-state index is 12.4. The van der Waals surface area contributed by atoms with E-state index in [4.69, 9.17) is 5.11 Å². The monoisotopic (exact) mass is 239 g/mol. The van der Waals surface area contributed by atoms with E-state index in [2.05, 4.69) is 0 Å². The van der Waals surface area contributed by atoms with Crippen LogP contribution in [0.25, 0.3) is 0 Å². The average Bonchev–Trinajstić information content (AvgIpc) is 2.48. The van der Waals surface area contributed by atoms with E-state index >= 15 is 0 Å². The largest absolute Gasteiger partial charge is 0.394 e. The number of aliphatic hydroxyl groups is 1. The smallest absolute Gasteiger partial charge is 0.236 e. The van der Waals surface area contributed by atoms with Crippen LogP contribution in [-0.4, -0.2) is 34.5 Å². The van der Waals surface area contributed by atoms with E-state index in [-0.39, 0.29) is 24.5 Å². The zero-order valence-electron chi connectivity index (χ0n) is 10.4. The van der Waals surface area contributed by atoms with Gasteiger partial charge in [0.15, 0.2) is 0 Å². The van der Waals surface area contributed by atoms with Crippen LogP contribution in [0.1, 0.15) is 51.9 Å². The van der Waals surface area contributed by atoms with Gasteiger partial charge in [0.25, 0.3) is 0 Å². The highest BCUT2D eigenvalue weighted by atomic mass is 16.3. The van der Waals surface area contributed by atoms with Crippen molar-refractivity contribution in [2.45, 2.75) is 57.9 Å². The lowest BCUT2D eigenvalue weighted by molar-refractivity contribution is -0.145. The number of aliphatic hydroxyl groups excluding tert-OH is 1. The SMILES string of the molecule is C[C@@H](CO)N1C(=O)CC2(CCCCCC2)C1=O. The van der Waals surface area contributed by atoms with Gasteiger partial charge in [0.1, 0.15) is 0 Å². The number of imide groups is 1. The van der Waals surface area contributed by atoms with Crippen molar-refractivity contribution in [1.29, 1.82) is 0 Å². The molecule has 1 heterocycles. The second-order valence-corrected chi connectivity index (χ2v) is 5.47. The Morgan fingerprint density at radius 1 is 1.24 bits per heavy atom. The fraction of sp³-hybridized carbons (Fsp3) is 0.846. The van der Waals surface area contributed by atoms with Crippen molar-refractivity contribution < 1.29 is 14.7 Å². The van der Waals surface area contributed by atoms with Gasteiger partial charge >= 0.3 is 0 Å². The van der Waals surface area contributed by atoms with Crippen molar-refractivity contribution in [1.82, 2.24) is 4.90 Å². The normalized spacial score (nSPS) is 26.4. The van der Waals surface area contributed by atoms with Crippen molar-refractivity contribution in [3.63, 3.8) is 0 Å².